The molecule has 0 atom stereocenters. The Labute approximate surface area is 163 Å². The summed E-state index contributed by atoms with van der Waals surface area (Å²) in [5.74, 6) is -1.26. The number of rotatable bonds is 6. The summed E-state index contributed by atoms with van der Waals surface area (Å²) in [5, 5.41) is 11.5. The molecule has 146 valence electrons. The fourth-order valence-electron chi connectivity index (χ4n) is 3.39. The number of hydrogen-bond donors (Lipinski definition) is 2. The molecule has 0 unspecified atom stereocenters. The van der Waals surface area contributed by atoms with Crippen LogP contribution in [0.2, 0.25) is 0 Å². The number of carbonyl (C=O) groups is 3. The third-order valence-electron chi connectivity index (χ3n) is 4.98. The number of benzene rings is 1. The Morgan fingerprint density at radius 1 is 1.11 bits per heavy atom. The van der Waals surface area contributed by atoms with Crippen molar-refractivity contribution in [2.24, 2.45) is 5.92 Å². The molecule has 0 bridgehead atoms. The molecule has 1 fully saturated rings. The van der Waals surface area contributed by atoms with Crippen LogP contribution in [0.3, 0.4) is 0 Å². The highest BCUT2D eigenvalue weighted by Crippen LogP contribution is 2.21. The second-order valence-corrected chi connectivity index (χ2v) is 6.93. The summed E-state index contributed by atoms with van der Waals surface area (Å²) >= 11 is 0. The van der Waals surface area contributed by atoms with Crippen LogP contribution >= 0.6 is 0 Å². The predicted molar refractivity (Wildman–Crippen MR) is 103 cm³/mol. The third-order valence-corrected chi connectivity index (χ3v) is 4.98. The number of carboxylic acid groups (broad SMARTS) is 1. The number of pyridine rings is 1. The van der Waals surface area contributed by atoms with E-state index < -0.39 is 11.9 Å². The molecular formula is C21H23N3O4. The van der Waals surface area contributed by atoms with Crippen LogP contribution in [0.1, 0.15) is 39.3 Å². The van der Waals surface area contributed by atoms with Gasteiger partial charge in [0.1, 0.15) is 5.69 Å². The Morgan fingerprint density at radius 2 is 1.82 bits per heavy atom. The molecule has 2 heterocycles. The van der Waals surface area contributed by atoms with Crippen molar-refractivity contribution in [2.75, 3.05) is 19.6 Å². The number of nitrogens with one attached hydrogen (secondary N) is 1. The van der Waals surface area contributed by atoms with E-state index >= 15 is 0 Å². The van der Waals surface area contributed by atoms with Gasteiger partial charge in [0.05, 0.1) is 6.54 Å². The Kier molecular flexibility index (Phi) is 6.37. The van der Waals surface area contributed by atoms with E-state index in [0.717, 1.165) is 19.3 Å². The molecule has 7 heteroatoms. The molecule has 1 aliphatic rings. The van der Waals surface area contributed by atoms with E-state index in [0.29, 0.717) is 19.0 Å². The number of aromatic nitrogens is 1. The number of amides is 2. The minimum absolute atomic E-state index is 0.104. The minimum atomic E-state index is -1.20. The molecule has 1 aromatic carbocycles. The molecule has 0 radical (unpaired) electrons. The standard InChI is InChI=1S/C21H23N3O4/c25-19(14-23-20(26)17-6-9-22-18(13-17)21(27)28)24-10-7-16(8-11-24)12-15-4-2-1-3-5-15/h1-6,9,13,16H,7-8,10-12,14H2,(H,23,26)(H,27,28). The lowest BCUT2D eigenvalue weighted by Crippen LogP contribution is -2.44. The Balaban J connectivity index is 1.45. The van der Waals surface area contributed by atoms with Crippen LogP contribution in [0.15, 0.2) is 48.7 Å². The van der Waals surface area contributed by atoms with Gasteiger partial charge in [-0.1, -0.05) is 30.3 Å². The first-order valence-corrected chi connectivity index (χ1v) is 9.32. The van der Waals surface area contributed by atoms with E-state index in [2.05, 4.69) is 22.4 Å². The van der Waals surface area contributed by atoms with Crippen molar-refractivity contribution in [3.05, 3.63) is 65.5 Å². The summed E-state index contributed by atoms with van der Waals surface area (Å²) in [6, 6.07) is 13.0. The first-order valence-electron chi connectivity index (χ1n) is 9.32. The largest absolute Gasteiger partial charge is 0.477 e. The first kappa shape index (κ1) is 19.5. The monoisotopic (exact) mass is 381 g/mol. The number of piperidine rings is 1. The van der Waals surface area contributed by atoms with Crippen molar-refractivity contribution in [3.8, 4) is 0 Å². The van der Waals surface area contributed by atoms with Crippen molar-refractivity contribution >= 4 is 17.8 Å². The average molecular weight is 381 g/mol. The van der Waals surface area contributed by atoms with Crippen molar-refractivity contribution in [2.45, 2.75) is 19.3 Å². The summed E-state index contributed by atoms with van der Waals surface area (Å²) in [4.78, 5) is 40.9. The topological polar surface area (TPSA) is 99.6 Å². The maximum absolute atomic E-state index is 12.4. The highest BCUT2D eigenvalue weighted by molar-refractivity contribution is 5.98. The van der Waals surface area contributed by atoms with Crippen LogP contribution in [0.5, 0.6) is 0 Å². The van der Waals surface area contributed by atoms with Gasteiger partial charge in [0.25, 0.3) is 5.91 Å². The zero-order valence-corrected chi connectivity index (χ0v) is 15.5. The van der Waals surface area contributed by atoms with Crippen molar-refractivity contribution < 1.29 is 19.5 Å². The minimum Gasteiger partial charge on any atom is -0.477 e. The van der Waals surface area contributed by atoms with Gasteiger partial charge in [0, 0.05) is 24.8 Å². The molecule has 2 aromatic rings. The van der Waals surface area contributed by atoms with Crippen LogP contribution in [0.25, 0.3) is 0 Å². The maximum atomic E-state index is 12.4. The second kappa shape index (κ2) is 9.12. The van der Waals surface area contributed by atoms with E-state index in [1.807, 2.05) is 18.2 Å². The van der Waals surface area contributed by atoms with Gasteiger partial charge < -0.3 is 15.3 Å². The number of carbonyl (C=O) groups excluding carboxylic acids is 2. The fourth-order valence-corrected chi connectivity index (χ4v) is 3.39. The molecule has 2 amide bonds. The lowest BCUT2D eigenvalue weighted by Gasteiger charge is -2.32. The fraction of sp³-hybridized carbons (Fsp3) is 0.333. The zero-order chi connectivity index (χ0) is 19.9. The Bertz CT molecular complexity index is 846. The molecule has 1 aliphatic heterocycles. The summed E-state index contributed by atoms with van der Waals surface area (Å²) in [5.41, 5.74) is 1.28. The van der Waals surface area contributed by atoms with Crippen molar-refractivity contribution in [1.82, 2.24) is 15.2 Å². The quantitative estimate of drug-likeness (QED) is 0.797. The lowest BCUT2D eigenvalue weighted by atomic mass is 9.90. The van der Waals surface area contributed by atoms with Gasteiger partial charge in [-0.05, 0) is 42.9 Å². The highest BCUT2D eigenvalue weighted by Gasteiger charge is 2.23. The van der Waals surface area contributed by atoms with E-state index in [1.165, 1.54) is 23.9 Å². The number of carboxylic acids is 1. The summed E-state index contributed by atoms with van der Waals surface area (Å²) < 4.78 is 0. The molecule has 0 saturated carbocycles. The Hall–Kier alpha value is -3.22. The van der Waals surface area contributed by atoms with Gasteiger partial charge >= 0.3 is 5.97 Å². The van der Waals surface area contributed by atoms with Gasteiger partial charge in [-0.15, -0.1) is 0 Å². The molecule has 1 aromatic heterocycles. The van der Waals surface area contributed by atoms with Gasteiger partial charge in [0.2, 0.25) is 5.91 Å². The van der Waals surface area contributed by atoms with Crippen LogP contribution in [0.4, 0.5) is 0 Å². The summed E-state index contributed by atoms with van der Waals surface area (Å²) in [6.07, 6.45) is 4.17. The van der Waals surface area contributed by atoms with E-state index in [9.17, 15) is 14.4 Å². The van der Waals surface area contributed by atoms with Crippen LogP contribution in [-0.2, 0) is 11.2 Å². The van der Waals surface area contributed by atoms with Crippen molar-refractivity contribution in [3.63, 3.8) is 0 Å². The number of aromatic carboxylic acids is 1. The van der Waals surface area contributed by atoms with Gasteiger partial charge in [-0.25, -0.2) is 9.78 Å². The van der Waals surface area contributed by atoms with Gasteiger partial charge in [-0.2, -0.15) is 0 Å². The molecule has 7 nitrogen and oxygen atoms in total. The average Bonchev–Trinajstić information content (AvgIpc) is 2.73. The Morgan fingerprint density at radius 3 is 2.50 bits per heavy atom. The van der Waals surface area contributed by atoms with Crippen LogP contribution in [0, 0.1) is 5.92 Å². The summed E-state index contributed by atoms with van der Waals surface area (Å²) in [7, 11) is 0. The molecule has 2 N–H and O–H groups in total. The lowest BCUT2D eigenvalue weighted by molar-refractivity contribution is -0.131. The smallest absolute Gasteiger partial charge is 0.354 e. The van der Waals surface area contributed by atoms with Gasteiger partial charge in [-0.3, -0.25) is 9.59 Å². The summed E-state index contributed by atoms with van der Waals surface area (Å²) in [6.45, 7) is 1.27. The number of hydrogen-bond acceptors (Lipinski definition) is 4. The molecule has 0 spiro atoms. The third kappa shape index (κ3) is 5.16. The van der Waals surface area contributed by atoms with E-state index in [-0.39, 0.29) is 23.7 Å². The maximum Gasteiger partial charge on any atom is 0.354 e. The highest BCUT2D eigenvalue weighted by atomic mass is 16.4. The van der Waals surface area contributed by atoms with Crippen LogP contribution < -0.4 is 5.32 Å². The molecular weight excluding hydrogens is 358 g/mol. The van der Waals surface area contributed by atoms with Gasteiger partial charge in [0.15, 0.2) is 0 Å². The van der Waals surface area contributed by atoms with E-state index in [4.69, 9.17) is 5.11 Å². The molecule has 3 rings (SSSR count). The number of nitrogens with zero attached hydrogens (tertiary/aromatic N) is 2. The molecule has 28 heavy (non-hydrogen) atoms. The molecule has 1 saturated heterocycles. The normalized spacial score (nSPS) is 14.5. The van der Waals surface area contributed by atoms with Crippen LogP contribution in [-0.4, -0.2) is 52.4 Å². The first-order chi connectivity index (χ1) is 13.5. The second-order valence-electron chi connectivity index (χ2n) is 6.93. The molecule has 0 aliphatic carbocycles. The predicted octanol–water partition coefficient (Wildman–Crippen LogP) is 1.99. The van der Waals surface area contributed by atoms with Crippen molar-refractivity contribution in [1.29, 1.82) is 0 Å². The SMILES string of the molecule is O=C(NCC(=O)N1CCC(Cc2ccccc2)CC1)c1ccnc(C(=O)O)c1. The number of likely N-dealkylation sites (tertiary alicyclic amines) is 1. The zero-order valence-electron chi connectivity index (χ0n) is 15.5. The van der Waals surface area contributed by atoms with E-state index in [1.54, 1.807) is 4.90 Å².